The number of hydrogen-bond donors (Lipinski definition) is 0. The summed E-state index contributed by atoms with van der Waals surface area (Å²) in [5.74, 6) is 0. The number of aryl methyl sites for hydroxylation is 1. The van der Waals surface area contributed by atoms with Gasteiger partial charge in [0.2, 0.25) is 0 Å². The van der Waals surface area contributed by atoms with E-state index in [4.69, 9.17) is 0 Å². The van der Waals surface area contributed by atoms with Crippen molar-refractivity contribution in [3.63, 3.8) is 0 Å². The molecule has 0 aliphatic carbocycles. The maximum absolute atomic E-state index is 11.7. The van der Waals surface area contributed by atoms with Gasteiger partial charge in [-0.3, -0.25) is 9.48 Å². The Bertz CT molecular complexity index is 529. The average molecular weight is 268 g/mol. The van der Waals surface area contributed by atoms with Crippen molar-refractivity contribution in [3.8, 4) is 0 Å². The molecule has 0 unspecified atom stereocenters. The fourth-order valence-corrected chi connectivity index (χ4v) is 1.73. The van der Waals surface area contributed by atoms with E-state index in [-0.39, 0.29) is 5.56 Å². The molecule has 0 spiro atoms. The van der Waals surface area contributed by atoms with E-state index in [9.17, 15) is 4.79 Å². The van der Waals surface area contributed by atoms with Gasteiger partial charge in [-0.1, -0.05) is 0 Å². The van der Waals surface area contributed by atoms with Gasteiger partial charge >= 0.3 is 0 Å². The van der Waals surface area contributed by atoms with E-state index in [0.29, 0.717) is 11.0 Å². The van der Waals surface area contributed by atoms with Crippen molar-refractivity contribution in [1.29, 1.82) is 0 Å². The lowest BCUT2D eigenvalue weighted by Gasteiger charge is -2.02. The maximum Gasteiger partial charge on any atom is 0.265 e. The smallest absolute Gasteiger partial charge is 0.265 e. The van der Waals surface area contributed by atoms with Crippen molar-refractivity contribution in [3.05, 3.63) is 51.1 Å². The van der Waals surface area contributed by atoms with Crippen LogP contribution in [0.15, 0.2) is 39.9 Å². The number of halogens is 1. The third kappa shape index (κ3) is 2.18. The van der Waals surface area contributed by atoms with Crippen LogP contribution in [0.5, 0.6) is 0 Å². The second-order valence-corrected chi connectivity index (χ2v) is 4.12. The fraction of sp³-hybridized carbons (Fsp3) is 0.200. The van der Waals surface area contributed by atoms with Crippen LogP contribution in [-0.4, -0.2) is 14.3 Å². The lowest BCUT2D eigenvalue weighted by molar-refractivity contribution is 0.690. The van der Waals surface area contributed by atoms with E-state index in [1.807, 2.05) is 25.4 Å². The molecule has 0 aliphatic rings. The predicted molar refractivity (Wildman–Crippen MR) is 60.7 cm³/mol. The molecule has 0 N–H and O–H groups in total. The summed E-state index contributed by atoms with van der Waals surface area (Å²) in [6.45, 7) is 0.499. The van der Waals surface area contributed by atoms with Crippen LogP contribution in [0.3, 0.4) is 0 Å². The van der Waals surface area contributed by atoms with Gasteiger partial charge in [-0.25, -0.2) is 0 Å². The number of nitrogens with zero attached hydrogens (tertiary/aromatic N) is 3. The second kappa shape index (κ2) is 4.02. The lowest BCUT2D eigenvalue weighted by atomic mass is 10.4. The van der Waals surface area contributed by atoms with Crippen molar-refractivity contribution >= 4 is 15.9 Å². The highest BCUT2D eigenvalue weighted by Crippen LogP contribution is 2.02. The lowest BCUT2D eigenvalue weighted by Crippen LogP contribution is -2.20. The SMILES string of the molecule is Cn1ccc(Cn2cccc(Br)c2=O)n1. The van der Waals surface area contributed by atoms with E-state index in [0.717, 1.165) is 5.69 Å². The van der Waals surface area contributed by atoms with E-state index < -0.39 is 0 Å². The number of pyridine rings is 1. The molecule has 0 saturated carbocycles. The Kier molecular flexibility index (Phi) is 2.73. The van der Waals surface area contributed by atoms with Gasteiger partial charge in [0.25, 0.3) is 5.56 Å². The quantitative estimate of drug-likeness (QED) is 0.825. The molecule has 15 heavy (non-hydrogen) atoms. The Morgan fingerprint density at radius 2 is 2.20 bits per heavy atom. The van der Waals surface area contributed by atoms with Crippen LogP contribution < -0.4 is 5.56 Å². The molecule has 0 radical (unpaired) electrons. The molecular weight excluding hydrogens is 258 g/mol. The van der Waals surface area contributed by atoms with Crippen LogP contribution in [0.2, 0.25) is 0 Å². The first-order valence-corrected chi connectivity index (χ1v) is 5.29. The van der Waals surface area contributed by atoms with Gasteiger partial charge in [0.1, 0.15) is 0 Å². The van der Waals surface area contributed by atoms with Gasteiger partial charge in [-0.05, 0) is 34.1 Å². The Morgan fingerprint density at radius 1 is 1.40 bits per heavy atom. The summed E-state index contributed by atoms with van der Waals surface area (Å²) >= 11 is 3.21. The first kappa shape index (κ1) is 10.2. The molecule has 78 valence electrons. The zero-order chi connectivity index (χ0) is 10.8. The fourth-order valence-electron chi connectivity index (χ4n) is 1.35. The van der Waals surface area contributed by atoms with Gasteiger partial charge < -0.3 is 4.57 Å². The van der Waals surface area contributed by atoms with Crippen LogP contribution in [0.4, 0.5) is 0 Å². The van der Waals surface area contributed by atoms with Crippen LogP contribution in [-0.2, 0) is 13.6 Å². The van der Waals surface area contributed by atoms with E-state index in [2.05, 4.69) is 21.0 Å². The molecule has 2 rings (SSSR count). The van der Waals surface area contributed by atoms with Gasteiger partial charge in [0.05, 0.1) is 16.7 Å². The Morgan fingerprint density at radius 3 is 2.87 bits per heavy atom. The molecular formula is C10H10BrN3O. The molecule has 5 heteroatoms. The van der Waals surface area contributed by atoms with E-state index in [1.54, 1.807) is 21.5 Å². The summed E-state index contributed by atoms with van der Waals surface area (Å²) in [6, 6.07) is 5.46. The molecule has 0 atom stereocenters. The summed E-state index contributed by atoms with van der Waals surface area (Å²) in [6.07, 6.45) is 3.61. The Hall–Kier alpha value is -1.36. The van der Waals surface area contributed by atoms with Crippen molar-refractivity contribution in [2.45, 2.75) is 6.54 Å². The monoisotopic (exact) mass is 267 g/mol. The molecule has 2 aromatic heterocycles. The minimum Gasteiger partial charge on any atom is -0.308 e. The van der Waals surface area contributed by atoms with Gasteiger partial charge in [0, 0.05) is 19.4 Å². The molecule has 0 bridgehead atoms. The van der Waals surface area contributed by atoms with Crippen LogP contribution in [0.25, 0.3) is 0 Å². The van der Waals surface area contributed by atoms with Crippen LogP contribution >= 0.6 is 15.9 Å². The number of rotatable bonds is 2. The Balaban J connectivity index is 2.32. The third-order valence-corrected chi connectivity index (χ3v) is 2.68. The highest BCUT2D eigenvalue weighted by Gasteiger charge is 2.02. The standard InChI is InChI=1S/C10H10BrN3O/c1-13-6-4-8(12-13)7-14-5-2-3-9(11)10(14)15/h2-6H,7H2,1H3. The third-order valence-electron chi connectivity index (χ3n) is 2.07. The molecule has 0 aliphatic heterocycles. The zero-order valence-corrected chi connectivity index (χ0v) is 9.81. The molecule has 2 aromatic rings. The summed E-state index contributed by atoms with van der Waals surface area (Å²) in [5.41, 5.74) is 0.834. The highest BCUT2D eigenvalue weighted by atomic mass is 79.9. The van der Waals surface area contributed by atoms with Crippen molar-refractivity contribution < 1.29 is 0 Å². The molecule has 0 amide bonds. The molecule has 0 fully saturated rings. The topological polar surface area (TPSA) is 39.8 Å². The van der Waals surface area contributed by atoms with Crippen LogP contribution in [0.1, 0.15) is 5.69 Å². The Labute approximate surface area is 95.3 Å². The van der Waals surface area contributed by atoms with E-state index >= 15 is 0 Å². The van der Waals surface area contributed by atoms with Gasteiger partial charge in [0.15, 0.2) is 0 Å². The molecule has 2 heterocycles. The first-order valence-electron chi connectivity index (χ1n) is 4.50. The summed E-state index contributed by atoms with van der Waals surface area (Å²) < 4.78 is 3.91. The predicted octanol–water partition coefficient (Wildman–Crippen LogP) is 1.39. The van der Waals surface area contributed by atoms with E-state index in [1.165, 1.54) is 0 Å². The molecule has 0 aromatic carbocycles. The summed E-state index contributed by atoms with van der Waals surface area (Å²) in [7, 11) is 1.85. The van der Waals surface area contributed by atoms with Gasteiger partial charge in [-0.2, -0.15) is 5.10 Å². The average Bonchev–Trinajstić information content (AvgIpc) is 2.59. The maximum atomic E-state index is 11.7. The number of aromatic nitrogens is 3. The summed E-state index contributed by atoms with van der Waals surface area (Å²) in [4.78, 5) is 11.7. The highest BCUT2D eigenvalue weighted by molar-refractivity contribution is 9.10. The summed E-state index contributed by atoms with van der Waals surface area (Å²) in [5, 5.41) is 4.22. The minimum absolute atomic E-state index is 0.0387. The second-order valence-electron chi connectivity index (χ2n) is 3.27. The number of hydrogen-bond acceptors (Lipinski definition) is 2. The molecule has 0 saturated heterocycles. The zero-order valence-electron chi connectivity index (χ0n) is 8.22. The minimum atomic E-state index is -0.0387. The first-order chi connectivity index (χ1) is 7.16. The van der Waals surface area contributed by atoms with Crippen molar-refractivity contribution in [1.82, 2.24) is 14.3 Å². The van der Waals surface area contributed by atoms with Crippen molar-refractivity contribution in [2.75, 3.05) is 0 Å². The van der Waals surface area contributed by atoms with Crippen LogP contribution in [0, 0.1) is 0 Å². The molecule has 4 nitrogen and oxygen atoms in total. The normalized spacial score (nSPS) is 10.5. The van der Waals surface area contributed by atoms with Crippen molar-refractivity contribution in [2.24, 2.45) is 7.05 Å². The van der Waals surface area contributed by atoms with Gasteiger partial charge in [-0.15, -0.1) is 0 Å². The largest absolute Gasteiger partial charge is 0.308 e.